The first kappa shape index (κ1) is 26.6. The quantitative estimate of drug-likeness (QED) is 0.480. The third-order valence-corrected chi connectivity index (χ3v) is 10.4. The Morgan fingerprint density at radius 1 is 0.974 bits per heavy atom. The Hall–Kier alpha value is -2.59. The lowest BCUT2D eigenvalue weighted by atomic mass is 9.74. The lowest BCUT2D eigenvalue weighted by molar-refractivity contribution is 0.0952. The molecule has 4 heterocycles. The maximum atomic E-state index is 11.9. The number of nitrogens with one attached hydrogen (secondary N) is 1. The highest BCUT2D eigenvalue weighted by atomic mass is 32.2. The number of fused-ring (bicyclic) bond motifs is 1. The number of β-amino-alcohol motifs (C(OH)–C–C–N with tert-alkyl or cyclic N) is 1. The van der Waals surface area contributed by atoms with Crippen LogP contribution in [0.25, 0.3) is 10.8 Å². The van der Waals surface area contributed by atoms with Crippen LogP contribution in [0.4, 0.5) is 5.82 Å². The Kier molecular flexibility index (Phi) is 7.59. The minimum absolute atomic E-state index is 0.0988. The van der Waals surface area contributed by atoms with Gasteiger partial charge in [0.05, 0.1) is 24.1 Å². The maximum Gasteiger partial charge on any atom is 0.211 e. The zero-order chi connectivity index (χ0) is 27.0. The van der Waals surface area contributed by atoms with Crippen molar-refractivity contribution in [3.05, 3.63) is 66.1 Å². The first-order valence-corrected chi connectivity index (χ1v) is 16.1. The molecule has 3 aliphatic rings. The SMILES string of the molecule is CS(=O)(=O)N1CC[C@@H](Nc2cc3c([C@@H]4CCCN([C@H]5CC[C@H]5c5ccccc5)CC4)nccc3cn2)[C@H](O)C1. The number of likely N-dealkylation sites (tertiary alicyclic amines) is 1. The summed E-state index contributed by atoms with van der Waals surface area (Å²) in [7, 11) is -3.31. The normalized spacial score (nSPS) is 29.0. The van der Waals surface area contributed by atoms with Crippen LogP contribution in [0, 0.1) is 0 Å². The second-order valence-corrected chi connectivity index (χ2v) is 13.5. The molecular weight excluding hydrogens is 510 g/mol. The predicted molar refractivity (Wildman–Crippen MR) is 154 cm³/mol. The highest BCUT2D eigenvalue weighted by Gasteiger charge is 2.37. The number of aromatic nitrogens is 2. The molecule has 6 rings (SSSR count). The Balaban J connectivity index is 1.15. The minimum atomic E-state index is -3.31. The molecule has 1 aliphatic carbocycles. The van der Waals surface area contributed by atoms with Crippen molar-refractivity contribution >= 4 is 26.6 Å². The fourth-order valence-electron chi connectivity index (χ4n) is 6.79. The van der Waals surface area contributed by atoms with Crippen molar-refractivity contribution in [2.75, 3.05) is 37.8 Å². The number of aliphatic hydroxyl groups is 1. The Morgan fingerprint density at radius 2 is 1.82 bits per heavy atom. The number of aliphatic hydroxyl groups excluding tert-OH is 1. The molecule has 2 aromatic heterocycles. The monoisotopic (exact) mass is 549 g/mol. The molecule has 9 heteroatoms. The van der Waals surface area contributed by atoms with Crippen LogP contribution >= 0.6 is 0 Å². The van der Waals surface area contributed by atoms with Gasteiger partial charge in [0.25, 0.3) is 0 Å². The van der Waals surface area contributed by atoms with E-state index in [1.165, 1.54) is 35.4 Å². The molecule has 2 aliphatic heterocycles. The lowest BCUT2D eigenvalue weighted by Crippen LogP contribution is -2.51. The number of rotatable bonds is 6. The summed E-state index contributed by atoms with van der Waals surface area (Å²) < 4.78 is 25.1. The van der Waals surface area contributed by atoms with Gasteiger partial charge in [-0.3, -0.25) is 9.88 Å². The molecule has 3 fully saturated rings. The largest absolute Gasteiger partial charge is 0.390 e. The lowest BCUT2D eigenvalue weighted by Gasteiger charge is -2.44. The zero-order valence-corrected chi connectivity index (χ0v) is 23.4. The number of hydrogen-bond donors (Lipinski definition) is 2. The van der Waals surface area contributed by atoms with E-state index in [0.29, 0.717) is 36.7 Å². The number of piperidine rings is 1. The molecule has 3 aromatic rings. The van der Waals surface area contributed by atoms with Gasteiger partial charge in [0.15, 0.2) is 0 Å². The van der Waals surface area contributed by atoms with Gasteiger partial charge in [-0.2, -0.15) is 4.31 Å². The average molecular weight is 550 g/mol. The van der Waals surface area contributed by atoms with Crippen molar-refractivity contribution in [3.63, 3.8) is 0 Å². The predicted octanol–water partition coefficient (Wildman–Crippen LogP) is 3.95. The van der Waals surface area contributed by atoms with Crippen molar-refractivity contribution in [2.45, 2.75) is 68.5 Å². The van der Waals surface area contributed by atoms with Gasteiger partial charge in [0.2, 0.25) is 10.0 Å². The van der Waals surface area contributed by atoms with Gasteiger partial charge in [0.1, 0.15) is 5.82 Å². The van der Waals surface area contributed by atoms with Gasteiger partial charge < -0.3 is 10.4 Å². The van der Waals surface area contributed by atoms with Gasteiger partial charge in [-0.15, -0.1) is 0 Å². The first-order valence-electron chi connectivity index (χ1n) is 14.3. The molecule has 39 heavy (non-hydrogen) atoms. The molecule has 0 unspecified atom stereocenters. The summed E-state index contributed by atoms with van der Waals surface area (Å²) in [6.07, 6.45) is 10.7. The van der Waals surface area contributed by atoms with Crippen molar-refractivity contribution < 1.29 is 13.5 Å². The third kappa shape index (κ3) is 5.68. The Bertz CT molecular complexity index is 1400. The van der Waals surface area contributed by atoms with E-state index in [1.54, 1.807) is 0 Å². The van der Waals surface area contributed by atoms with E-state index in [0.717, 1.165) is 42.4 Å². The fraction of sp³-hybridized carbons (Fsp3) is 0.533. The van der Waals surface area contributed by atoms with E-state index >= 15 is 0 Å². The highest BCUT2D eigenvalue weighted by molar-refractivity contribution is 7.88. The number of anilines is 1. The van der Waals surface area contributed by atoms with Crippen LogP contribution in [0.15, 0.2) is 54.9 Å². The van der Waals surface area contributed by atoms with E-state index in [-0.39, 0.29) is 12.6 Å². The molecule has 1 saturated carbocycles. The first-order chi connectivity index (χ1) is 18.9. The molecule has 2 N–H and O–H groups in total. The standard InChI is InChI=1S/C30H39N5O3S/c1-39(37,38)35-17-13-26(28(36)20-35)33-29-18-25-23(19-32-29)11-14-31-30(25)22-8-5-15-34(16-12-22)27-10-9-24(27)21-6-3-2-4-7-21/h2-4,6-7,11,14,18-19,22,24,26-28,36H,5,8-10,12-13,15-17,20H2,1H3,(H,32,33)/t22-,24+,26-,27+,28-/m1/s1. The molecule has 5 atom stereocenters. The zero-order valence-electron chi connectivity index (χ0n) is 22.6. The van der Waals surface area contributed by atoms with E-state index in [1.807, 2.05) is 18.5 Å². The van der Waals surface area contributed by atoms with E-state index < -0.39 is 16.1 Å². The fourth-order valence-corrected chi connectivity index (χ4v) is 7.65. The molecule has 0 amide bonds. The van der Waals surface area contributed by atoms with Crippen LogP contribution in [0.2, 0.25) is 0 Å². The van der Waals surface area contributed by atoms with Gasteiger partial charge >= 0.3 is 0 Å². The number of benzene rings is 1. The number of hydrogen-bond acceptors (Lipinski definition) is 7. The second-order valence-electron chi connectivity index (χ2n) is 11.5. The van der Waals surface area contributed by atoms with Crippen LogP contribution in [0.3, 0.4) is 0 Å². The van der Waals surface area contributed by atoms with Crippen LogP contribution in [-0.4, -0.2) is 83.3 Å². The second kappa shape index (κ2) is 11.1. The summed E-state index contributed by atoms with van der Waals surface area (Å²) in [5.74, 6) is 1.75. The summed E-state index contributed by atoms with van der Waals surface area (Å²) >= 11 is 0. The van der Waals surface area contributed by atoms with Crippen molar-refractivity contribution in [2.24, 2.45) is 0 Å². The van der Waals surface area contributed by atoms with Crippen LogP contribution in [-0.2, 0) is 10.0 Å². The smallest absolute Gasteiger partial charge is 0.211 e. The molecule has 2 saturated heterocycles. The summed E-state index contributed by atoms with van der Waals surface area (Å²) in [6, 6.07) is 15.5. The van der Waals surface area contributed by atoms with E-state index in [2.05, 4.69) is 51.6 Å². The van der Waals surface area contributed by atoms with Crippen LogP contribution < -0.4 is 5.32 Å². The number of sulfonamides is 1. The number of nitrogens with zero attached hydrogens (tertiary/aromatic N) is 4. The van der Waals surface area contributed by atoms with E-state index in [4.69, 9.17) is 4.98 Å². The molecule has 1 aromatic carbocycles. The van der Waals surface area contributed by atoms with Gasteiger partial charge in [0, 0.05) is 48.2 Å². The van der Waals surface area contributed by atoms with Crippen molar-refractivity contribution in [1.82, 2.24) is 19.2 Å². The molecule has 8 nitrogen and oxygen atoms in total. The summed E-state index contributed by atoms with van der Waals surface area (Å²) in [5.41, 5.74) is 2.62. The Labute approximate surface area is 231 Å². The summed E-state index contributed by atoms with van der Waals surface area (Å²) in [6.45, 7) is 2.73. The molecule has 208 valence electrons. The van der Waals surface area contributed by atoms with Crippen LogP contribution in [0.5, 0.6) is 0 Å². The van der Waals surface area contributed by atoms with E-state index in [9.17, 15) is 13.5 Å². The molecular formula is C30H39N5O3S. The highest BCUT2D eigenvalue weighted by Crippen LogP contribution is 2.42. The summed E-state index contributed by atoms with van der Waals surface area (Å²) in [5, 5.41) is 16.2. The molecule has 0 radical (unpaired) electrons. The summed E-state index contributed by atoms with van der Waals surface area (Å²) in [4.78, 5) is 12.2. The Morgan fingerprint density at radius 3 is 2.56 bits per heavy atom. The molecule has 0 bridgehead atoms. The van der Waals surface area contributed by atoms with Crippen molar-refractivity contribution in [1.29, 1.82) is 0 Å². The van der Waals surface area contributed by atoms with Crippen LogP contribution in [0.1, 0.15) is 61.6 Å². The number of pyridine rings is 2. The van der Waals surface area contributed by atoms with Gasteiger partial charge in [-0.25, -0.2) is 13.4 Å². The van der Waals surface area contributed by atoms with Gasteiger partial charge in [-0.1, -0.05) is 30.3 Å². The maximum absolute atomic E-state index is 11.9. The minimum Gasteiger partial charge on any atom is -0.390 e. The topological polar surface area (TPSA) is 98.7 Å². The average Bonchev–Trinajstić information content (AvgIpc) is 3.15. The molecule has 0 spiro atoms. The van der Waals surface area contributed by atoms with Gasteiger partial charge in [-0.05, 0) is 75.2 Å². The third-order valence-electron chi connectivity index (χ3n) is 9.11. The van der Waals surface area contributed by atoms with Crippen molar-refractivity contribution in [3.8, 4) is 0 Å².